The van der Waals surface area contributed by atoms with E-state index in [1.807, 2.05) is 22.9 Å². The Balaban J connectivity index is 1.57. The van der Waals surface area contributed by atoms with Gasteiger partial charge in [0, 0.05) is 29.2 Å². The van der Waals surface area contributed by atoms with E-state index in [4.69, 9.17) is 32.7 Å². The van der Waals surface area contributed by atoms with Crippen molar-refractivity contribution in [3.05, 3.63) is 69.3 Å². The normalized spacial score (nSPS) is 26.3. The number of fused-ring (bicyclic) bond motifs is 2. The zero-order chi connectivity index (χ0) is 24.1. The van der Waals surface area contributed by atoms with E-state index in [9.17, 15) is 20.1 Å². The second-order valence-electron chi connectivity index (χ2n) is 8.46. The van der Waals surface area contributed by atoms with Crippen LogP contribution >= 0.6 is 23.2 Å². The lowest BCUT2D eigenvalue weighted by Crippen LogP contribution is -2.56. The average Bonchev–Trinajstić information content (AvgIpc) is 3.40. The van der Waals surface area contributed by atoms with E-state index in [0.29, 0.717) is 27.7 Å². The first kappa shape index (κ1) is 23.3. The van der Waals surface area contributed by atoms with Crippen molar-refractivity contribution in [2.75, 3.05) is 6.61 Å². The number of ketones is 1. The van der Waals surface area contributed by atoms with Crippen molar-refractivity contribution >= 4 is 45.8 Å². The minimum Gasteiger partial charge on any atom is -0.445 e. The molecule has 1 saturated heterocycles. The van der Waals surface area contributed by atoms with Gasteiger partial charge in [-0.05, 0) is 30.7 Å². The van der Waals surface area contributed by atoms with Gasteiger partial charge in [0.15, 0.2) is 5.78 Å². The average molecular weight is 505 g/mol. The monoisotopic (exact) mass is 504 g/mol. The number of aromatic nitrogens is 1. The molecule has 2 aliphatic heterocycles. The smallest absolute Gasteiger partial charge is 0.227 e. The van der Waals surface area contributed by atoms with Crippen LogP contribution in [-0.2, 0) is 16.0 Å². The molecule has 1 fully saturated rings. The van der Waals surface area contributed by atoms with Crippen LogP contribution in [-0.4, -0.2) is 68.8 Å². The Labute approximate surface area is 205 Å². The lowest BCUT2D eigenvalue weighted by Gasteiger charge is -2.36. The van der Waals surface area contributed by atoms with Crippen molar-refractivity contribution in [2.45, 2.75) is 44.1 Å². The molecule has 2 aliphatic rings. The summed E-state index contributed by atoms with van der Waals surface area (Å²) in [7, 11) is 0. The summed E-state index contributed by atoms with van der Waals surface area (Å²) in [6.45, 7) is 1.49. The lowest BCUT2D eigenvalue weighted by atomic mass is 9.98. The van der Waals surface area contributed by atoms with Crippen molar-refractivity contribution in [3.8, 4) is 0 Å². The van der Waals surface area contributed by atoms with Crippen molar-refractivity contribution in [2.24, 2.45) is 4.99 Å². The number of halogens is 2. The molecule has 0 saturated carbocycles. The number of ether oxygens (including phenoxy) is 2. The summed E-state index contributed by atoms with van der Waals surface area (Å²) in [6, 6.07) is 9.90. The van der Waals surface area contributed by atoms with Crippen LogP contribution in [0.3, 0.4) is 0 Å². The topological polar surface area (TPSA) is 114 Å². The van der Waals surface area contributed by atoms with Crippen LogP contribution in [0.1, 0.15) is 28.4 Å². The fourth-order valence-corrected chi connectivity index (χ4v) is 4.68. The van der Waals surface area contributed by atoms with Crippen molar-refractivity contribution in [1.82, 2.24) is 4.57 Å². The largest absolute Gasteiger partial charge is 0.445 e. The summed E-state index contributed by atoms with van der Waals surface area (Å²) in [5.74, 6) is 0.181. The number of carbonyl (C=O) groups is 1. The quantitative estimate of drug-likeness (QED) is 0.460. The fourth-order valence-electron chi connectivity index (χ4n) is 4.36. The summed E-state index contributed by atoms with van der Waals surface area (Å²) in [5, 5.41) is 31.8. The molecule has 178 valence electrons. The van der Waals surface area contributed by atoms with E-state index in [1.165, 1.54) is 6.92 Å². The Morgan fingerprint density at radius 3 is 2.62 bits per heavy atom. The molecule has 10 heteroatoms. The molecule has 5 rings (SSSR count). The lowest BCUT2D eigenvalue weighted by molar-refractivity contribution is -0.234. The van der Waals surface area contributed by atoms with Gasteiger partial charge in [0.25, 0.3) is 0 Å². The van der Waals surface area contributed by atoms with Gasteiger partial charge >= 0.3 is 0 Å². The van der Waals surface area contributed by atoms with Crippen molar-refractivity contribution < 1.29 is 29.6 Å². The fraction of sp³-hybridized carbons (Fsp3) is 0.333. The third-order valence-corrected chi connectivity index (χ3v) is 6.94. The van der Waals surface area contributed by atoms with E-state index in [2.05, 4.69) is 4.99 Å². The Morgan fingerprint density at radius 1 is 1.12 bits per heavy atom. The van der Waals surface area contributed by atoms with Gasteiger partial charge in [0.2, 0.25) is 12.2 Å². The highest BCUT2D eigenvalue weighted by Gasteiger charge is 2.49. The van der Waals surface area contributed by atoms with Crippen molar-refractivity contribution in [3.63, 3.8) is 0 Å². The molecular weight excluding hydrogens is 483 g/mol. The molecule has 5 atom stereocenters. The van der Waals surface area contributed by atoms with E-state index in [1.54, 1.807) is 24.3 Å². The number of rotatable bonds is 5. The Hall–Kier alpha value is -2.46. The van der Waals surface area contributed by atoms with Gasteiger partial charge in [-0.15, -0.1) is 0 Å². The van der Waals surface area contributed by atoms with Gasteiger partial charge in [0.1, 0.15) is 24.4 Å². The van der Waals surface area contributed by atoms with E-state index in [-0.39, 0.29) is 11.7 Å². The highest BCUT2D eigenvalue weighted by atomic mass is 35.5. The summed E-state index contributed by atoms with van der Waals surface area (Å²) in [6.07, 6.45) is -2.59. The van der Waals surface area contributed by atoms with Gasteiger partial charge in [-0.25, -0.2) is 4.99 Å². The van der Waals surface area contributed by atoms with Crippen molar-refractivity contribution in [1.29, 1.82) is 0 Å². The molecule has 3 heterocycles. The van der Waals surface area contributed by atoms with Crippen LogP contribution in [0.5, 0.6) is 0 Å². The van der Waals surface area contributed by atoms with Crippen LogP contribution < -0.4 is 0 Å². The minimum absolute atomic E-state index is 0.0632. The molecule has 34 heavy (non-hydrogen) atoms. The molecular formula is C24H22Cl2N2O6. The summed E-state index contributed by atoms with van der Waals surface area (Å²) >= 11 is 12.2. The zero-order valence-electron chi connectivity index (χ0n) is 18.1. The number of Topliss-reactive ketones (excluding diaryl/α,β-unsaturated/α-hetero) is 1. The highest BCUT2D eigenvalue weighted by molar-refractivity contribution is 6.42. The predicted molar refractivity (Wildman–Crippen MR) is 127 cm³/mol. The maximum Gasteiger partial charge on any atom is 0.227 e. The van der Waals surface area contributed by atoms with Crippen LogP contribution in [0.15, 0.2) is 47.6 Å². The summed E-state index contributed by atoms with van der Waals surface area (Å²) in [4.78, 5) is 16.5. The van der Waals surface area contributed by atoms with Crippen LogP contribution in [0.25, 0.3) is 10.9 Å². The number of nitrogens with zero attached hydrogens (tertiary/aromatic N) is 2. The summed E-state index contributed by atoms with van der Waals surface area (Å²) < 4.78 is 13.5. The Morgan fingerprint density at radius 2 is 1.91 bits per heavy atom. The maximum absolute atomic E-state index is 12.0. The number of aliphatic hydroxyl groups is 3. The predicted octanol–water partition coefficient (Wildman–Crippen LogP) is 2.78. The zero-order valence-corrected chi connectivity index (χ0v) is 19.6. The Kier molecular flexibility index (Phi) is 6.14. The van der Waals surface area contributed by atoms with Crippen LogP contribution in [0, 0.1) is 0 Å². The number of aliphatic imine (C=N–C) groups is 1. The van der Waals surface area contributed by atoms with E-state index >= 15 is 0 Å². The SMILES string of the molecule is CC(=O)c1ccc2c(C3=N[C@H]4[C@@H](O3)OC(CO)[C@@H](O)[C@@H]4O)cn(Cc3ccc(Cl)c(Cl)c3)c2c1. The number of hydrogen-bond donors (Lipinski definition) is 3. The second kappa shape index (κ2) is 8.96. The first-order chi connectivity index (χ1) is 16.3. The van der Waals surface area contributed by atoms with Gasteiger partial charge < -0.3 is 29.4 Å². The molecule has 0 bridgehead atoms. The highest BCUT2D eigenvalue weighted by Crippen LogP contribution is 2.33. The molecule has 0 radical (unpaired) electrons. The van der Waals surface area contributed by atoms with Crippen LogP contribution in [0.4, 0.5) is 0 Å². The van der Waals surface area contributed by atoms with E-state index < -0.39 is 37.3 Å². The van der Waals surface area contributed by atoms with Crippen LogP contribution in [0.2, 0.25) is 10.0 Å². The maximum atomic E-state index is 12.0. The number of aliphatic hydroxyl groups excluding tert-OH is 3. The molecule has 0 amide bonds. The number of benzene rings is 2. The first-order valence-electron chi connectivity index (χ1n) is 10.7. The molecule has 1 unspecified atom stereocenters. The van der Waals surface area contributed by atoms with E-state index in [0.717, 1.165) is 16.5 Å². The molecule has 2 aromatic carbocycles. The standard InChI is InChI=1S/C24H22Cl2N2O6/c1-11(30)13-3-4-14-15(23-27-20-22(32)21(31)19(10-29)33-24(20)34-23)9-28(18(14)7-13)8-12-2-5-16(25)17(26)6-12/h2-7,9,19-22,24,29,31-32H,8,10H2,1H3/t19?,20-,21-,22-,24-/m1/s1. The molecule has 0 aliphatic carbocycles. The van der Waals surface area contributed by atoms with Gasteiger partial charge in [-0.2, -0.15) is 0 Å². The minimum atomic E-state index is -1.29. The number of hydrogen-bond acceptors (Lipinski definition) is 7. The molecule has 3 aromatic rings. The third-order valence-electron chi connectivity index (χ3n) is 6.20. The first-order valence-corrected chi connectivity index (χ1v) is 11.5. The Bertz CT molecular complexity index is 1310. The van der Waals surface area contributed by atoms with Gasteiger partial charge in [-0.3, -0.25) is 4.79 Å². The summed E-state index contributed by atoms with van der Waals surface area (Å²) in [5.41, 5.74) is 2.89. The molecule has 8 nitrogen and oxygen atoms in total. The number of carbonyl (C=O) groups excluding carboxylic acids is 1. The molecule has 0 spiro atoms. The van der Waals surface area contributed by atoms with Gasteiger partial charge in [-0.1, -0.05) is 41.4 Å². The van der Waals surface area contributed by atoms with Gasteiger partial charge in [0.05, 0.1) is 22.2 Å². The molecule has 1 aromatic heterocycles. The molecule has 3 N–H and O–H groups in total. The second-order valence-corrected chi connectivity index (χ2v) is 9.27. The third kappa shape index (κ3) is 4.00.